The Kier molecular flexibility index (Phi) is 7.80. The van der Waals surface area contributed by atoms with Crippen LogP contribution in [-0.2, 0) is 9.53 Å². The zero-order valence-corrected chi connectivity index (χ0v) is 13.3. The number of nitrogens with zero attached hydrogens (tertiary/aromatic N) is 2. The van der Waals surface area contributed by atoms with E-state index in [1.54, 1.807) is 7.11 Å². The first kappa shape index (κ1) is 17.1. The first-order valence-corrected chi connectivity index (χ1v) is 7.44. The SMILES string of the molecule is COCCN1CCN(C/C=C(\C)C(=O)NC(C)C)CC1. The summed E-state index contributed by atoms with van der Waals surface area (Å²) in [6.07, 6.45) is 2.03. The Morgan fingerprint density at radius 1 is 1.25 bits per heavy atom. The monoisotopic (exact) mass is 283 g/mol. The maximum Gasteiger partial charge on any atom is 0.246 e. The van der Waals surface area contributed by atoms with Gasteiger partial charge >= 0.3 is 0 Å². The maximum atomic E-state index is 11.8. The minimum atomic E-state index is 0.0405. The largest absolute Gasteiger partial charge is 0.383 e. The van der Waals surface area contributed by atoms with Crippen LogP contribution in [0.4, 0.5) is 0 Å². The van der Waals surface area contributed by atoms with Gasteiger partial charge in [-0.25, -0.2) is 0 Å². The standard InChI is InChI=1S/C15H29N3O2/c1-13(2)16-15(19)14(3)5-6-17-7-9-18(10-8-17)11-12-20-4/h5,13H,6-12H2,1-4H3,(H,16,19)/b14-5+. The Balaban J connectivity index is 2.27. The smallest absolute Gasteiger partial charge is 0.246 e. The molecule has 5 nitrogen and oxygen atoms in total. The van der Waals surface area contributed by atoms with Crippen LogP contribution in [0.3, 0.4) is 0 Å². The van der Waals surface area contributed by atoms with Gasteiger partial charge in [0.05, 0.1) is 6.61 Å². The van der Waals surface area contributed by atoms with Gasteiger partial charge in [0.2, 0.25) is 5.91 Å². The van der Waals surface area contributed by atoms with Gasteiger partial charge in [0.25, 0.3) is 0 Å². The molecule has 1 amide bonds. The molecule has 1 saturated heterocycles. The first-order chi connectivity index (χ1) is 9.52. The Bertz CT molecular complexity index is 321. The van der Waals surface area contributed by atoms with E-state index in [4.69, 9.17) is 4.74 Å². The van der Waals surface area contributed by atoms with Gasteiger partial charge in [0.15, 0.2) is 0 Å². The molecule has 0 saturated carbocycles. The van der Waals surface area contributed by atoms with Gasteiger partial charge in [-0.2, -0.15) is 0 Å². The maximum absolute atomic E-state index is 11.8. The molecule has 0 aromatic heterocycles. The van der Waals surface area contributed by atoms with Crippen molar-refractivity contribution in [3.05, 3.63) is 11.6 Å². The molecule has 20 heavy (non-hydrogen) atoms. The predicted octanol–water partition coefficient (Wildman–Crippen LogP) is 0.721. The molecule has 0 atom stereocenters. The Hall–Kier alpha value is -0.910. The number of amides is 1. The molecule has 1 rings (SSSR count). The molecular formula is C15H29N3O2. The fourth-order valence-electron chi connectivity index (χ4n) is 2.15. The molecule has 0 unspecified atom stereocenters. The van der Waals surface area contributed by atoms with E-state index in [0.29, 0.717) is 0 Å². The third-order valence-electron chi connectivity index (χ3n) is 3.51. The summed E-state index contributed by atoms with van der Waals surface area (Å²) < 4.78 is 5.10. The van der Waals surface area contributed by atoms with E-state index >= 15 is 0 Å². The first-order valence-electron chi connectivity index (χ1n) is 7.44. The molecule has 0 aromatic rings. The van der Waals surface area contributed by atoms with Crippen LogP contribution in [-0.4, -0.2) is 74.7 Å². The molecule has 1 fully saturated rings. The van der Waals surface area contributed by atoms with E-state index in [1.165, 1.54) is 0 Å². The zero-order valence-electron chi connectivity index (χ0n) is 13.3. The van der Waals surface area contributed by atoms with Gasteiger partial charge in [-0.3, -0.25) is 14.6 Å². The summed E-state index contributed by atoms with van der Waals surface area (Å²) in [6.45, 7) is 12.8. The Labute approximate surface area is 122 Å². The molecule has 0 spiro atoms. The lowest BCUT2D eigenvalue weighted by Gasteiger charge is -2.34. The van der Waals surface area contributed by atoms with Crippen molar-refractivity contribution >= 4 is 5.91 Å². The number of nitrogens with one attached hydrogen (secondary N) is 1. The highest BCUT2D eigenvalue weighted by atomic mass is 16.5. The van der Waals surface area contributed by atoms with Gasteiger partial charge < -0.3 is 10.1 Å². The van der Waals surface area contributed by atoms with Crippen LogP contribution in [0.5, 0.6) is 0 Å². The van der Waals surface area contributed by atoms with E-state index in [2.05, 4.69) is 15.1 Å². The molecule has 116 valence electrons. The van der Waals surface area contributed by atoms with Crippen molar-refractivity contribution in [2.24, 2.45) is 0 Å². The predicted molar refractivity (Wildman–Crippen MR) is 81.8 cm³/mol. The van der Waals surface area contributed by atoms with Crippen LogP contribution in [0, 0.1) is 0 Å². The highest BCUT2D eigenvalue weighted by molar-refractivity contribution is 5.92. The molecule has 0 aliphatic carbocycles. The lowest BCUT2D eigenvalue weighted by Crippen LogP contribution is -2.47. The fraction of sp³-hybridized carbons (Fsp3) is 0.800. The summed E-state index contributed by atoms with van der Waals surface area (Å²) in [5.41, 5.74) is 0.806. The second-order valence-electron chi connectivity index (χ2n) is 5.65. The number of ether oxygens (including phenoxy) is 1. The van der Waals surface area contributed by atoms with E-state index in [1.807, 2.05) is 26.8 Å². The van der Waals surface area contributed by atoms with Crippen LogP contribution < -0.4 is 5.32 Å². The Morgan fingerprint density at radius 2 is 1.85 bits per heavy atom. The zero-order chi connectivity index (χ0) is 15.0. The van der Waals surface area contributed by atoms with Crippen molar-refractivity contribution in [2.75, 3.05) is 53.0 Å². The minimum absolute atomic E-state index is 0.0405. The molecule has 1 aliphatic heterocycles. The van der Waals surface area contributed by atoms with Crippen LogP contribution in [0.15, 0.2) is 11.6 Å². The average molecular weight is 283 g/mol. The van der Waals surface area contributed by atoms with Crippen LogP contribution >= 0.6 is 0 Å². The van der Waals surface area contributed by atoms with Crippen molar-refractivity contribution in [2.45, 2.75) is 26.8 Å². The molecular weight excluding hydrogens is 254 g/mol. The summed E-state index contributed by atoms with van der Waals surface area (Å²) >= 11 is 0. The van der Waals surface area contributed by atoms with Crippen molar-refractivity contribution < 1.29 is 9.53 Å². The molecule has 1 heterocycles. The van der Waals surface area contributed by atoms with Gasteiger partial charge in [-0.15, -0.1) is 0 Å². The molecule has 0 bridgehead atoms. The minimum Gasteiger partial charge on any atom is -0.383 e. The number of rotatable bonds is 7. The second-order valence-corrected chi connectivity index (χ2v) is 5.65. The van der Waals surface area contributed by atoms with E-state index in [-0.39, 0.29) is 11.9 Å². The van der Waals surface area contributed by atoms with E-state index in [0.717, 1.165) is 51.4 Å². The topological polar surface area (TPSA) is 44.8 Å². The highest BCUT2D eigenvalue weighted by Crippen LogP contribution is 2.03. The van der Waals surface area contributed by atoms with Crippen molar-refractivity contribution in [3.63, 3.8) is 0 Å². The second kappa shape index (κ2) is 9.10. The third-order valence-corrected chi connectivity index (χ3v) is 3.51. The van der Waals surface area contributed by atoms with Crippen LogP contribution in [0.2, 0.25) is 0 Å². The molecule has 0 aromatic carbocycles. The summed E-state index contributed by atoms with van der Waals surface area (Å²) in [5.74, 6) is 0.0405. The quantitative estimate of drug-likeness (QED) is 0.699. The average Bonchev–Trinajstić information content (AvgIpc) is 2.42. The third kappa shape index (κ3) is 6.50. The van der Waals surface area contributed by atoms with Crippen molar-refractivity contribution in [3.8, 4) is 0 Å². The molecule has 1 N–H and O–H groups in total. The number of piperazine rings is 1. The van der Waals surface area contributed by atoms with Gasteiger partial charge in [-0.05, 0) is 20.8 Å². The van der Waals surface area contributed by atoms with Gasteiger partial charge in [0.1, 0.15) is 0 Å². The van der Waals surface area contributed by atoms with Gasteiger partial charge in [-0.1, -0.05) is 6.08 Å². The molecule has 5 heteroatoms. The number of carbonyl (C=O) groups excluding carboxylic acids is 1. The number of hydrogen-bond acceptors (Lipinski definition) is 4. The van der Waals surface area contributed by atoms with Crippen molar-refractivity contribution in [1.82, 2.24) is 15.1 Å². The summed E-state index contributed by atoms with van der Waals surface area (Å²) in [4.78, 5) is 16.6. The van der Waals surface area contributed by atoms with Crippen molar-refractivity contribution in [1.29, 1.82) is 0 Å². The summed E-state index contributed by atoms with van der Waals surface area (Å²) in [5, 5.41) is 2.91. The number of hydrogen-bond donors (Lipinski definition) is 1. The number of methoxy groups -OCH3 is 1. The molecule has 1 aliphatic rings. The van der Waals surface area contributed by atoms with Gasteiger partial charge in [0, 0.05) is 58.0 Å². The van der Waals surface area contributed by atoms with E-state index < -0.39 is 0 Å². The molecule has 0 radical (unpaired) electrons. The van der Waals surface area contributed by atoms with Crippen LogP contribution in [0.1, 0.15) is 20.8 Å². The lowest BCUT2D eigenvalue weighted by atomic mass is 10.2. The fourth-order valence-corrected chi connectivity index (χ4v) is 2.15. The summed E-state index contributed by atoms with van der Waals surface area (Å²) in [6, 6.07) is 0.190. The lowest BCUT2D eigenvalue weighted by molar-refractivity contribution is -0.117. The summed E-state index contributed by atoms with van der Waals surface area (Å²) in [7, 11) is 1.74. The highest BCUT2D eigenvalue weighted by Gasteiger charge is 2.15. The number of carbonyl (C=O) groups is 1. The normalized spacial score (nSPS) is 18.6. The Morgan fingerprint density at radius 3 is 2.40 bits per heavy atom. The van der Waals surface area contributed by atoms with E-state index in [9.17, 15) is 4.79 Å². The van der Waals surface area contributed by atoms with Crippen LogP contribution in [0.25, 0.3) is 0 Å².